The van der Waals surface area contributed by atoms with Gasteiger partial charge in [0, 0.05) is 23.9 Å². The van der Waals surface area contributed by atoms with Gasteiger partial charge in [-0.2, -0.15) is 0 Å². The number of hydrogen-bond donors (Lipinski definition) is 1. The molecule has 1 saturated heterocycles. The van der Waals surface area contributed by atoms with Crippen LogP contribution in [0.5, 0.6) is 0 Å². The number of nitrogens with two attached hydrogens (primary N) is 1. The Labute approximate surface area is 119 Å². The lowest BCUT2D eigenvalue weighted by molar-refractivity contribution is -0.137. The van der Waals surface area contributed by atoms with Crippen LogP contribution in [-0.2, 0) is 4.79 Å². The molecule has 0 bridgehead atoms. The first-order chi connectivity index (χ1) is 9.17. The molecule has 0 spiro atoms. The van der Waals surface area contributed by atoms with Crippen molar-refractivity contribution in [1.29, 1.82) is 0 Å². The van der Waals surface area contributed by atoms with Crippen LogP contribution in [-0.4, -0.2) is 29.6 Å². The van der Waals surface area contributed by atoms with E-state index in [1.54, 1.807) is 11.8 Å². The predicted molar refractivity (Wildman–Crippen MR) is 80.2 cm³/mol. The monoisotopic (exact) mass is 278 g/mol. The number of nitrogens with zero attached hydrogens (tertiary/aromatic N) is 1. The molecular formula is C15H22N2OS. The number of rotatable bonds is 4. The number of benzene rings is 1. The Morgan fingerprint density at radius 3 is 2.63 bits per heavy atom. The third-order valence-electron chi connectivity index (χ3n) is 3.68. The van der Waals surface area contributed by atoms with Crippen LogP contribution >= 0.6 is 11.8 Å². The minimum absolute atomic E-state index is 0.0390. The van der Waals surface area contributed by atoms with Crippen molar-refractivity contribution in [2.75, 3.05) is 12.8 Å². The predicted octanol–water partition coefficient (Wildman–Crippen LogP) is 2.81. The minimum atomic E-state index is 0.0390. The van der Waals surface area contributed by atoms with Crippen LogP contribution in [0, 0.1) is 0 Å². The van der Waals surface area contributed by atoms with Gasteiger partial charge in [-0.3, -0.25) is 4.79 Å². The first kappa shape index (κ1) is 14.4. The average molecular weight is 278 g/mol. The Hall–Kier alpha value is -1.00. The maximum atomic E-state index is 12.1. The minimum Gasteiger partial charge on any atom is -0.334 e. The maximum absolute atomic E-state index is 12.1. The molecule has 1 aliphatic rings. The zero-order valence-electron chi connectivity index (χ0n) is 11.6. The van der Waals surface area contributed by atoms with Gasteiger partial charge >= 0.3 is 0 Å². The highest BCUT2D eigenvalue weighted by atomic mass is 32.2. The van der Waals surface area contributed by atoms with Crippen molar-refractivity contribution in [3.8, 4) is 0 Å². The molecular weight excluding hydrogens is 256 g/mol. The van der Waals surface area contributed by atoms with Crippen LogP contribution in [0.4, 0.5) is 0 Å². The molecule has 1 aromatic rings. The summed E-state index contributed by atoms with van der Waals surface area (Å²) in [6.07, 6.45) is 4.40. The van der Waals surface area contributed by atoms with Gasteiger partial charge in [0.1, 0.15) is 0 Å². The molecule has 0 saturated carbocycles. The second kappa shape index (κ2) is 6.44. The number of carbonyl (C=O) groups excluding carboxylic acids is 1. The molecule has 19 heavy (non-hydrogen) atoms. The van der Waals surface area contributed by atoms with Crippen LogP contribution in [0.1, 0.15) is 37.8 Å². The highest BCUT2D eigenvalue weighted by molar-refractivity contribution is 7.98. The van der Waals surface area contributed by atoms with Crippen molar-refractivity contribution >= 4 is 17.7 Å². The fraction of sp³-hybridized carbons (Fsp3) is 0.533. The standard InChI is InChI=1S/C15H22N2OS/c1-3-10-17-14(18)9-8-13(16)15(17)11-4-6-12(19-2)7-5-11/h4-7,13,15H,3,8-10,16H2,1-2H3. The smallest absolute Gasteiger partial charge is 0.223 e. The van der Waals surface area contributed by atoms with Gasteiger partial charge in [-0.05, 0) is 36.8 Å². The van der Waals surface area contributed by atoms with E-state index in [1.807, 2.05) is 4.90 Å². The Bertz CT molecular complexity index is 432. The average Bonchev–Trinajstić information content (AvgIpc) is 2.44. The summed E-state index contributed by atoms with van der Waals surface area (Å²) in [5.74, 6) is 0.238. The first-order valence-electron chi connectivity index (χ1n) is 6.86. The van der Waals surface area contributed by atoms with Crippen molar-refractivity contribution in [3.63, 3.8) is 0 Å². The topological polar surface area (TPSA) is 46.3 Å². The zero-order chi connectivity index (χ0) is 13.8. The van der Waals surface area contributed by atoms with Gasteiger partial charge in [-0.15, -0.1) is 11.8 Å². The van der Waals surface area contributed by atoms with Gasteiger partial charge in [-0.25, -0.2) is 0 Å². The molecule has 4 heteroatoms. The molecule has 3 nitrogen and oxygen atoms in total. The summed E-state index contributed by atoms with van der Waals surface area (Å²) in [5, 5.41) is 0. The number of likely N-dealkylation sites (tertiary alicyclic amines) is 1. The van der Waals surface area contributed by atoms with Crippen molar-refractivity contribution in [2.24, 2.45) is 5.73 Å². The number of hydrogen-bond acceptors (Lipinski definition) is 3. The van der Waals surface area contributed by atoms with Crippen LogP contribution in [0.15, 0.2) is 29.2 Å². The molecule has 2 N–H and O–H groups in total. The number of thioether (sulfide) groups is 1. The fourth-order valence-electron chi connectivity index (χ4n) is 2.71. The van der Waals surface area contributed by atoms with Crippen molar-refractivity contribution in [3.05, 3.63) is 29.8 Å². The van der Waals surface area contributed by atoms with Gasteiger partial charge in [0.2, 0.25) is 5.91 Å². The summed E-state index contributed by atoms with van der Waals surface area (Å²) in [5.41, 5.74) is 7.42. The maximum Gasteiger partial charge on any atom is 0.223 e. The van der Waals surface area contributed by atoms with E-state index < -0.39 is 0 Å². The Morgan fingerprint density at radius 1 is 1.37 bits per heavy atom. The fourth-order valence-corrected chi connectivity index (χ4v) is 3.12. The Kier molecular flexibility index (Phi) is 4.88. The lowest BCUT2D eigenvalue weighted by Crippen LogP contribution is -2.49. The molecule has 2 unspecified atom stereocenters. The molecule has 1 aromatic carbocycles. The lowest BCUT2D eigenvalue weighted by atomic mass is 9.90. The largest absolute Gasteiger partial charge is 0.334 e. The van der Waals surface area contributed by atoms with Gasteiger partial charge in [0.05, 0.1) is 6.04 Å². The first-order valence-corrected chi connectivity index (χ1v) is 8.08. The van der Waals surface area contributed by atoms with E-state index >= 15 is 0 Å². The molecule has 0 aliphatic carbocycles. The molecule has 2 atom stereocenters. The van der Waals surface area contributed by atoms with Crippen molar-refractivity contribution in [1.82, 2.24) is 4.90 Å². The molecule has 0 radical (unpaired) electrons. The van der Waals surface area contributed by atoms with Crippen LogP contribution in [0.2, 0.25) is 0 Å². The van der Waals surface area contributed by atoms with E-state index in [1.165, 1.54) is 4.90 Å². The Morgan fingerprint density at radius 2 is 2.05 bits per heavy atom. The summed E-state index contributed by atoms with van der Waals surface area (Å²) < 4.78 is 0. The second-order valence-corrected chi connectivity index (χ2v) is 5.89. The van der Waals surface area contributed by atoms with Gasteiger partial charge < -0.3 is 10.6 Å². The summed E-state index contributed by atoms with van der Waals surface area (Å²) in [4.78, 5) is 15.3. The number of carbonyl (C=O) groups is 1. The number of amides is 1. The third kappa shape index (κ3) is 3.12. The molecule has 1 aliphatic heterocycles. The van der Waals surface area contributed by atoms with Crippen LogP contribution < -0.4 is 5.73 Å². The van der Waals surface area contributed by atoms with E-state index in [-0.39, 0.29) is 18.0 Å². The van der Waals surface area contributed by atoms with E-state index in [9.17, 15) is 4.79 Å². The third-order valence-corrected chi connectivity index (χ3v) is 4.42. The van der Waals surface area contributed by atoms with Crippen LogP contribution in [0.3, 0.4) is 0 Å². The summed E-state index contributed by atoms with van der Waals surface area (Å²) >= 11 is 1.72. The van der Waals surface area contributed by atoms with E-state index in [2.05, 4.69) is 37.4 Å². The quantitative estimate of drug-likeness (QED) is 0.861. The zero-order valence-corrected chi connectivity index (χ0v) is 12.5. The molecule has 2 rings (SSSR count). The van der Waals surface area contributed by atoms with Crippen molar-refractivity contribution < 1.29 is 4.79 Å². The van der Waals surface area contributed by atoms with Gasteiger partial charge in [-0.1, -0.05) is 19.1 Å². The highest BCUT2D eigenvalue weighted by Gasteiger charge is 2.34. The van der Waals surface area contributed by atoms with Crippen molar-refractivity contribution in [2.45, 2.75) is 43.2 Å². The molecule has 1 fully saturated rings. The SMILES string of the molecule is CCCN1C(=O)CCC(N)C1c1ccc(SC)cc1. The molecule has 104 valence electrons. The number of piperidine rings is 1. The summed E-state index contributed by atoms with van der Waals surface area (Å²) in [7, 11) is 0. The summed E-state index contributed by atoms with van der Waals surface area (Å²) in [6, 6.07) is 8.52. The van der Waals surface area contributed by atoms with E-state index in [0.29, 0.717) is 6.42 Å². The molecule has 1 heterocycles. The van der Waals surface area contributed by atoms with E-state index in [4.69, 9.17) is 5.73 Å². The van der Waals surface area contributed by atoms with Crippen LogP contribution in [0.25, 0.3) is 0 Å². The highest BCUT2D eigenvalue weighted by Crippen LogP contribution is 2.31. The van der Waals surface area contributed by atoms with E-state index in [0.717, 1.165) is 24.9 Å². The normalized spacial score (nSPS) is 23.7. The lowest BCUT2D eigenvalue weighted by Gasteiger charge is -2.40. The summed E-state index contributed by atoms with van der Waals surface area (Å²) in [6.45, 7) is 2.89. The second-order valence-electron chi connectivity index (χ2n) is 5.01. The molecule has 1 amide bonds. The Balaban J connectivity index is 2.27. The van der Waals surface area contributed by atoms with Gasteiger partial charge in [0.15, 0.2) is 0 Å². The molecule has 0 aromatic heterocycles. The van der Waals surface area contributed by atoms with Gasteiger partial charge in [0.25, 0.3) is 0 Å².